The highest BCUT2D eigenvalue weighted by Gasteiger charge is 2.31. The molecule has 12 aromatic carbocycles. The Bertz CT molecular complexity index is 4750. The predicted molar refractivity (Wildman–Crippen MR) is 402 cm³/mol. The van der Waals surface area contributed by atoms with E-state index in [-0.39, 0.29) is 16.2 Å². The average Bonchev–Trinajstić information content (AvgIpc) is 1.09. The quantitative estimate of drug-likeness (QED) is 0.102. The summed E-state index contributed by atoms with van der Waals surface area (Å²) in [7, 11) is 0. The lowest BCUT2D eigenvalue weighted by Crippen LogP contribution is -2.19. The van der Waals surface area contributed by atoms with Crippen LogP contribution >= 0.6 is 11.6 Å². The number of benzene rings is 12. The topological polar surface area (TPSA) is 39.2 Å². The van der Waals surface area contributed by atoms with Crippen LogP contribution in [0.2, 0.25) is 5.02 Å². The third-order valence-corrected chi connectivity index (χ3v) is 18.3. The van der Waals surface area contributed by atoms with E-state index in [1.165, 1.54) is 16.7 Å². The number of halogens is 1. The number of hydrogen-bond acceptors (Lipinski definition) is 6. The lowest BCUT2D eigenvalue weighted by Gasteiger charge is -2.36. The van der Waals surface area contributed by atoms with Gasteiger partial charge in [0.1, 0.15) is 22.7 Å². The number of rotatable bonds is 15. The summed E-state index contributed by atoms with van der Waals surface area (Å²) in [6.07, 6.45) is 0. The predicted octanol–water partition coefficient (Wildman–Crippen LogP) is 26.6. The molecule has 0 saturated carbocycles. The number of para-hydroxylation sites is 4. The summed E-state index contributed by atoms with van der Waals surface area (Å²) < 4.78 is 13.3. The van der Waals surface area contributed by atoms with Crippen LogP contribution in [0.3, 0.4) is 0 Å². The van der Waals surface area contributed by atoms with E-state index in [1.54, 1.807) is 0 Å². The Morgan fingerprint density at radius 1 is 0.253 bits per heavy atom. The number of anilines is 12. The van der Waals surface area contributed by atoms with Crippen LogP contribution < -0.4 is 19.6 Å². The smallest absolute Gasteiger partial charge is 0.135 e. The van der Waals surface area contributed by atoms with Crippen LogP contribution in [0.1, 0.15) is 79.0 Å². The molecule has 14 rings (SSSR count). The van der Waals surface area contributed by atoms with Crippen LogP contribution in [0.15, 0.2) is 312 Å². The van der Waals surface area contributed by atoms with E-state index < -0.39 is 0 Å². The van der Waals surface area contributed by atoms with Crippen LogP contribution in [0, 0.1) is 0 Å². The van der Waals surface area contributed by atoms with Crippen molar-refractivity contribution in [1.82, 2.24) is 0 Å². The molecule has 14 aromatic rings. The van der Waals surface area contributed by atoms with Crippen molar-refractivity contribution in [3.8, 4) is 33.8 Å². The summed E-state index contributed by atoms with van der Waals surface area (Å²) in [6, 6.07) is 108. The molecule has 0 atom stereocenters. The molecule has 2 aromatic heterocycles. The first-order chi connectivity index (χ1) is 45.9. The number of fused-ring (bicyclic) bond motifs is 2. The zero-order valence-electron chi connectivity index (χ0n) is 55.4. The molecule has 468 valence electrons. The average molecular weight is 1260 g/mol. The molecule has 2 heterocycles. The van der Waals surface area contributed by atoms with Gasteiger partial charge in [0, 0.05) is 73.0 Å². The fraction of sp³-hybridized carbons (Fsp3) is 0.136. The van der Waals surface area contributed by atoms with E-state index >= 15 is 0 Å². The summed E-state index contributed by atoms with van der Waals surface area (Å²) in [4.78, 5) is 9.40. The molecule has 0 aliphatic carbocycles. The highest BCUT2D eigenvalue weighted by molar-refractivity contribution is 6.37. The monoisotopic (exact) mass is 1260 g/mol. The highest BCUT2D eigenvalue weighted by atomic mass is 35.5. The van der Waals surface area contributed by atoms with Crippen molar-refractivity contribution in [2.45, 2.75) is 78.6 Å². The van der Waals surface area contributed by atoms with Gasteiger partial charge in [-0.25, -0.2) is 0 Å². The van der Waals surface area contributed by atoms with Gasteiger partial charge in [-0.2, -0.15) is 0 Å². The molecule has 0 radical (unpaired) electrons. The fourth-order valence-electron chi connectivity index (χ4n) is 12.8. The number of nitrogens with zero attached hydrogens (tertiary/aromatic N) is 4. The maximum absolute atomic E-state index is 8.78. The number of furan rings is 2. The van der Waals surface area contributed by atoms with Gasteiger partial charge < -0.3 is 28.4 Å². The van der Waals surface area contributed by atoms with Crippen molar-refractivity contribution >= 4 is 102 Å². The highest BCUT2D eigenvalue weighted by Crippen LogP contribution is 2.54. The minimum absolute atomic E-state index is 0.0860. The van der Waals surface area contributed by atoms with Gasteiger partial charge in [0.2, 0.25) is 0 Å². The molecule has 0 bridgehead atoms. The Morgan fingerprint density at radius 2 is 0.611 bits per heavy atom. The van der Waals surface area contributed by atoms with Crippen molar-refractivity contribution in [3.05, 3.63) is 325 Å². The van der Waals surface area contributed by atoms with E-state index in [1.807, 2.05) is 36.4 Å². The fourth-order valence-corrected chi connectivity index (χ4v) is 13.1. The summed E-state index contributed by atoms with van der Waals surface area (Å²) in [6.45, 7) is 20.5. The summed E-state index contributed by atoms with van der Waals surface area (Å²) in [5.41, 5.74) is 19.8. The van der Waals surface area contributed by atoms with Crippen molar-refractivity contribution in [2.75, 3.05) is 19.6 Å². The lowest BCUT2D eigenvalue weighted by atomic mass is 9.84. The molecule has 0 aliphatic heterocycles. The largest absolute Gasteiger partial charge is 0.456 e. The lowest BCUT2D eigenvalue weighted by molar-refractivity contribution is 0.590. The summed E-state index contributed by atoms with van der Waals surface area (Å²) in [5.74, 6) is 1.51. The van der Waals surface area contributed by atoms with Gasteiger partial charge in [0.15, 0.2) is 0 Å². The van der Waals surface area contributed by atoms with Gasteiger partial charge >= 0.3 is 0 Å². The molecular weight excluding hydrogens is 1180 g/mol. The first-order valence-electron chi connectivity index (χ1n) is 32.7. The Balaban J connectivity index is 1.10. The van der Waals surface area contributed by atoms with Crippen LogP contribution in [0.5, 0.6) is 0 Å². The SMILES string of the molecule is CC(C)(C)c1ccc(N(c2ccc(C(C)(C)C)cc2)c2cc(N(c3cccc(-c4cc5ccccc5o4)c3)c3cccc(-c4cc5ccccc5o4)c3)c(Cl)c(N(c3cccc(N(c4ccccc4)c4ccccc4)c3)c3ccc(C(C)(C)C)cc3-c3ccccc3)c2)cc1. The number of hydrogen-bond donors (Lipinski definition) is 0. The molecular formula is C88H77ClN4O2. The third kappa shape index (κ3) is 12.7. The molecule has 7 heteroatoms. The zero-order chi connectivity index (χ0) is 65.6. The maximum atomic E-state index is 8.78. The zero-order valence-corrected chi connectivity index (χ0v) is 56.1. The summed E-state index contributed by atoms with van der Waals surface area (Å²) >= 11 is 8.78. The van der Waals surface area contributed by atoms with Crippen LogP contribution in [0.4, 0.5) is 68.2 Å². The molecule has 0 aliphatic rings. The van der Waals surface area contributed by atoms with Crippen LogP contribution in [0.25, 0.3) is 55.7 Å². The van der Waals surface area contributed by atoms with E-state index in [0.717, 1.165) is 124 Å². The first kappa shape index (κ1) is 61.7. The van der Waals surface area contributed by atoms with Crippen LogP contribution in [-0.4, -0.2) is 0 Å². The van der Waals surface area contributed by atoms with E-state index in [0.29, 0.717) is 5.02 Å². The molecule has 0 spiro atoms. The maximum Gasteiger partial charge on any atom is 0.135 e. The molecule has 0 unspecified atom stereocenters. The van der Waals surface area contributed by atoms with Gasteiger partial charge in [-0.1, -0.05) is 238 Å². The molecule has 0 saturated heterocycles. The standard InChI is InChI=1S/C88H77ClN4O2/c1-86(2,3)65-42-47-70(48-43-65)91(71-49-44-66(45-50-71)87(4,5)6)76-58-79(92(72-36-23-30-61(52-72)83-54-63-28-19-21-40-81(63)94-83)73-37-24-31-62(53-73)84-55-64-29-20-22-41-82(64)95-84)85(89)80(59-76)93(78-51-46-67(88(7,8)9)56-77(78)60-26-13-10-14-27-60)75-39-25-38-74(57-75)90(68-32-15-11-16-33-68)69-34-17-12-18-35-69/h10-59H,1-9H3. The Hall–Kier alpha value is -10.8. The Kier molecular flexibility index (Phi) is 16.4. The van der Waals surface area contributed by atoms with Crippen molar-refractivity contribution < 1.29 is 8.83 Å². The van der Waals surface area contributed by atoms with Gasteiger partial charge in [0.05, 0.1) is 27.8 Å². The second kappa shape index (κ2) is 25.3. The van der Waals surface area contributed by atoms with Gasteiger partial charge in [-0.3, -0.25) is 0 Å². The second-order valence-electron chi connectivity index (χ2n) is 27.7. The van der Waals surface area contributed by atoms with Gasteiger partial charge in [-0.05, 0) is 178 Å². The van der Waals surface area contributed by atoms with E-state index in [4.69, 9.17) is 20.4 Å². The first-order valence-corrected chi connectivity index (χ1v) is 33.1. The van der Waals surface area contributed by atoms with E-state index in [9.17, 15) is 0 Å². The Morgan fingerprint density at radius 3 is 1.07 bits per heavy atom. The van der Waals surface area contributed by atoms with Crippen molar-refractivity contribution in [3.63, 3.8) is 0 Å². The molecule has 6 nitrogen and oxygen atoms in total. The second-order valence-corrected chi connectivity index (χ2v) is 28.0. The van der Waals surface area contributed by atoms with Crippen molar-refractivity contribution in [2.24, 2.45) is 0 Å². The third-order valence-electron chi connectivity index (χ3n) is 17.9. The molecule has 0 fully saturated rings. The molecule has 0 N–H and O–H groups in total. The summed E-state index contributed by atoms with van der Waals surface area (Å²) in [5, 5.41) is 2.57. The Labute approximate surface area is 564 Å². The van der Waals surface area contributed by atoms with Crippen molar-refractivity contribution in [1.29, 1.82) is 0 Å². The minimum atomic E-state index is -0.177. The molecule has 0 amide bonds. The van der Waals surface area contributed by atoms with Gasteiger partial charge in [-0.15, -0.1) is 0 Å². The minimum Gasteiger partial charge on any atom is -0.456 e. The van der Waals surface area contributed by atoms with Crippen LogP contribution in [-0.2, 0) is 16.2 Å². The van der Waals surface area contributed by atoms with E-state index in [2.05, 4.69) is 349 Å². The van der Waals surface area contributed by atoms with Gasteiger partial charge in [0.25, 0.3) is 0 Å². The normalized spacial score (nSPS) is 11.9. The molecule has 95 heavy (non-hydrogen) atoms.